The van der Waals surface area contributed by atoms with Gasteiger partial charge in [0, 0.05) is 5.92 Å². The number of nitrogens with zero attached hydrogens (tertiary/aromatic N) is 1. The molecule has 21 heavy (non-hydrogen) atoms. The van der Waals surface area contributed by atoms with Crippen LogP contribution in [0.4, 0.5) is 5.69 Å². The molecule has 0 spiro atoms. The average molecular weight is 287 g/mol. The molecular formula is C17H21NO3. The number of Topliss-reactive ketones (excluding diaryl/α,β-unsaturated/α-hetero) is 1. The van der Waals surface area contributed by atoms with Gasteiger partial charge in [0.1, 0.15) is 5.75 Å². The monoisotopic (exact) mass is 287 g/mol. The zero-order valence-corrected chi connectivity index (χ0v) is 12.4. The Labute approximate surface area is 125 Å². The van der Waals surface area contributed by atoms with Crippen molar-refractivity contribution in [2.24, 2.45) is 5.92 Å². The van der Waals surface area contributed by atoms with Crippen molar-refractivity contribution in [1.82, 2.24) is 0 Å². The van der Waals surface area contributed by atoms with Crippen LogP contribution in [-0.4, -0.2) is 24.3 Å². The predicted molar refractivity (Wildman–Crippen MR) is 80.5 cm³/mol. The minimum atomic E-state index is -0.529. The molecule has 1 fully saturated rings. The largest absolute Gasteiger partial charge is 0.479 e. The molecule has 0 aromatic heterocycles. The van der Waals surface area contributed by atoms with Crippen molar-refractivity contribution in [2.75, 3.05) is 11.4 Å². The summed E-state index contributed by atoms with van der Waals surface area (Å²) in [6, 6.07) is 7.43. The molecule has 4 nitrogen and oxygen atoms in total. The summed E-state index contributed by atoms with van der Waals surface area (Å²) in [6.07, 6.45) is 4.88. The van der Waals surface area contributed by atoms with E-state index < -0.39 is 6.10 Å². The van der Waals surface area contributed by atoms with Crippen molar-refractivity contribution in [3.8, 4) is 5.75 Å². The second-order valence-electron chi connectivity index (χ2n) is 5.95. The first-order chi connectivity index (χ1) is 10.2. The number of rotatable bonds is 3. The Morgan fingerprint density at radius 1 is 1.24 bits per heavy atom. The molecule has 0 N–H and O–H groups in total. The maximum absolute atomic E-state index is 12.5. The van der Waals surface area contributed by atoms with Crippen LogP contribution in [-0.2, 0) is 9.59 Å². The van der Waals surface area contributed by atoms with Crippen molar-refractivity contribution in [2.45, 2.75) is 45.1 Å². The lowest BCUT2D eigenvalue weighted by Gasteiger charge is -2.33. The number of benzene rings is 1. The van der Waals surface area contributed by atoms with Crippen molar-refractivity contribution in [3.63, 3.8) is 0 Å². The number of para-hydroxylation sites is 2. The van der Waals surface area contributed by atoms with Crippen LogP contribution < -0.4 is 9.64 Å². The summed E-state index contributed by atoms with van der Waals surface area (Å²) in [5.41, 5.74) is 0.713. The first-order valence-corrected chi connectivity index (χ1v) is 7.76. The van der Waals surface area contributed by atoms with E-state index in [0.717, 1.165) is 25.7 Å². The van der Waals surface area contributed by atoms with E-state index in [1.165, 1.54) is 6.42 Å². The molecule has 4 heteroatoms. The summed E-state index contributed by atoms with van der Waals surface area (Å²) < 4.78 is 5.60. The minimum Gasteiger partial charge on any atom is -0.479 e. The maximum atomic E-state index is 12.5. The normalized spacial score (nSPS) is 22.6. The summed E-state index contributed by atoms with van der Waals surface area (Å²) in [4.78, 5) is 26.4. The first kappa shape index (κ1) is 14.1. The van der Waals surface area contributed by atoms with Gasteiger partial charge in [-0.05, 0) is 31.9 Å². The van der Waals surface area contributed by atoms with Gasteiger partial charge in [0.15, 0.2) is 11.9 Å². The second kappa shape index (κ2) is 5.88. The Balaban J connectivity index is 1.80. The van der Waals surface area contributed by atoms with Crippen molar-refractivity contribution in [1.29, 1.82) is 0 Å². The van der Waals surface area contributed by atoms with Gasteiger partial charge in [0.25, 0.3) is 5.91 Å². The molecule has 1 unspecified atom stereocenters. The van der Waals surface area contributed by atoms with Gasteiger partial charge >= 0.3 is 0 Å². The molecule has 112 valence electrons. The molecular weight excluding hydrogens is 266 g/mol. The van der Waals surface area contributed by atoms with E-state index in [1.807, 2.05) is 24.3 Å². The lowest BCUT2D eigenvalue weighted by Crippen LogP contribution is -2.47. The van der Waals surface area contributed by atoms with Crippen LogP contribution in [0, 0.1) is 5.92 Å². The fourth-order valence-corrected chi connectivity index (χ4v) is 3.23. The van der Waals surface area contributed by atoms with Crippen molar-refractivity contribution >= 4 is 17.4 Å². The van der Waals surface area contributed by atoms with E-state index in [1.54, 1.807) is 11.8 Å². The number of anilines is 1. The molecule has 2 aliphatic rings. The Hall–Kier alpha value is -1.84. The van der Waals surface area contributed by atoms with Crippen LogP contribution in [0.5, 0.6) is 5.75 Å². The molecule has 1 aromatic carbocycles. The number of carbonyl (C=O) groups excluding carboxylic acids is 2. The fourth-order valence-electron chi connectivity index (χ4n) is 3.23. The number of fused-ring (bicyclic) bond motifs is 1. The fraction of sp³-hybridized carbons (Fsp3) is 0.529. The van der Waals surface area contributed by atoms with Crippen LogP contribution in [0.15, 0.2) is 24.3 Å². The minimum absolute atomic E-state index is 0.122. The third kappa shape index (κ3) is 2.80. The van der Waals surface area contributed by atoms with E-state index in [4.69, 9.17) is 4.74 Å². The smallest absolute Gasteiger partial charge is 0.268 e. The Kier molecular flexibility index (Phi) is 3.95. The van der Waals surface area contributed by atoms with Crippen molar-refractivity contribution < 1.29 is 14.3 Å². The van der Waals surface area contributed by atoms with Gasteiger partial charge in [-0.2, -0.15) is 0 Å². The van der Waals surface area contributed by atoms with Gasteiger partial charge in [-0.25, -0.2) is 0 Å². The molecule has 1 amide bonds. The number of hydrogen-bond acceptors (Lipinski definition) is 3. The van der Waals surface area contributed by atoms with Crippen LogP contribution in [0.3, 0.4) is 0 Å². The molecule has 1 aliphatic heterocycles. The van der Waals surface area contributed by atoms with Crippen LogP contribution in [0.2, 0.25) is 0 Å². The van der Waals surface area contributed by atoms with Gasteiger partial charge in [-0.3, -0.25) is 14.5 Å². The molecule has 1 saturated carbocycles. The molecule has 0 radical (unpaired) electrons. The summed E-state index contributed by atoms with van der Waals surface area (Å²) in [7, 11) is 0. The van der Waals surface area contributed by atoms with E-state index in [0.29, 0.717) is 11.4 Å². The number of ketones is 1. The first-order valence-electron chi connectivity index (χ1n) is 7.76. The van der Waals surface area contributed by atoms with E-state index in [2.05, 4.69) is 0 Å². The van der Waals surface area contributed by atoms with Gasteiger partial charge in [-0.1, -0.05) is 31.4 Å². The number of hydrogen-bond donors (Lipinski definition) is 0. The van der Waals surface area contributed by atoms with Crippen LogP contribution in [0.25, 0.3) is 0 Å². The molecule has 0 bridgehead atoms. The van der Waals surface area contributed by atoms with E-state index >= 15 is 0 Å². The summed E-state index contributed by atoms with van der Waals surface area (Å²) >= 11 is 0. The third-order valence-corrected chi connectivity index (χ3v) is 4.45. The highest BCUT2D eigenvalue weighted by atomic mass is 16.5. The Morgan fingerprint density at radius 2 is 1.95 bits per heavy atom. The molecule has 1 aliphatic carbocycles. The quantitative estimate of drug-likeness (QED) is 0.858. The molecule has 1 heterocycles. The molecule has 1 atom stereocenters. The second-order valence-corrected chi connectivity index (χ2v) is 5.95. The van der Waals surface area contributed by atoms with Crippen LogP contribution >= 0.6 is 0 Å². The van der Waals surface area contributed by atoms with Gasteiger partial charge < -0.3 is 4.74 Å². The Morgan fingerprint density at radius 3 is 2.71 bits per heavy atom. The van der Waals surface area contributed by atoms with Crippen LogP contribution in [0.1, 0.15) is 39.0 Å². The zero-order chi connectivity index (χ0) is 14.8. The molecule has 0 saturated heterocycles. The predicted octanol–water partition coefficient (Wildman–Crippen LogP) is 2.95. The van der Waals surface area contributed by atoms with Gasteiger partial charge in [-0.15, -0.1) is 0 Å². The highest BCUT2D eigenvalue weighted by Gasteiger charge is 2.34. The van der Waals surface area contributed by atoms with E-state index in [-0.39, 0.29) is 24.2 Å². The topological polar surface area (TPSA) is 46.6 Å². The number of amides is 1. The highest BCUT2D eigenvalue weighted by Crippen LogP contribution is 2.34. The highest BCUT2D eigenvalue weighted by molar-refractivity contribution is 6.04. The SMILES string of the molecule is CC1Oc2ccccc2N(CC(=O)C2CCCCC2)C1=O. The van der Waals surface area contributed by atoms with Gasteiger partial charge in [0.2, 0.25) is 0 Å². The maximum Gasteiger partial charge on any atom is 0.268 e. The zero-order valence-electron chi connectivity index (χ0n) is 12.4. The standard InChI is InChI=1S/C17H21NO3/c1-12-17(20)18(14-9-5-6-10-16(14)21-12)11-15(19)13-7-3-2-4-8-13/h5-6,9-10,12-13H,2-4,7-8,11H2,1H3. The molecule has 1 aromatic rings. The number of ether oxygens (including phenoxy) is 1. The lowest BCUT2D eigenvalue weighted by molar-refractivity contribution is -0.129. The summed E-state index contributed by atoms with van der Waals surface area (Å²) in [5.74, 6) is 0.864. The number of carbonyl (C=O) groups is 2. The summed E-state index contributed by atoms with van der Waals surface area (Å²) in [5, 5.41) is 0. The third-order valence-electron chi connectivity index (χ3n) is 4.45. The van der Waals surface area contributed by atoms with E-state index in [9.17, 15) is 9.59 Å². The lowest BCUT2D eigenvalue weighted by atomic mass is 9.86. The summed E-state index contributed by atoms with van der Waals surface area (Å²) in [6.45, 7) is 1.91. The Bertz CT molecular complexity index is 549. The average Bonchev–Trinajstić information content (AvgIpc) is 2.52. The van der Waals surface area contributed by atoms with Crippen molar-refractivity contribution in [3.05, 3.63) is 24.3 Å². The molecule has 3 rings (SSSR count). The van der Waals surface area contributed by atoms with Gasteiger partial charge in [0.05, 0.1) is 12.2 Å².